The van der Waals surface area contributed by atoms with Gasteiger partial charge in [0.1, 0.15) is 12.0 Å². The van der Waals surface area contributed by atoms with Gasteiger partial charge < -0.3 is 15.5 Å². The molecule has 6 nitrogen and oxygen atoms in total. The molecule has 0 radical (unpaired) electrons. The van der Waals surface area contributed by atoms with E-state index in [1.807, 2.05) is 0 Å². The van der Waals surface area contributed by atoms with Crippen molar-refractivity contribution in [2.24, 2.45) is 11.7 Å². The Labute approximate surface area is 116 Å². The number of amides is 1. The fourth-order valence-corrected chi connectivity index (χ4v) is 1.72. The van der Waals surface area contributed by atoms with Gasteiger partial charge >= 0.3 is 0 Å². The molecule has 0 spiro atoms. The second-order valence-electron chi connectivity index (χ2n) is 4.76. The molecule has 2 aromatic heterocycles. The number of fused-ring (bicyclic) bond motifs is 1. The van der Waals surface area contributed by atoms with E-state index in [9.17, 15) is 4.79 Å². The molecule has 2 heterocycles. The third kappa shape index (κ3) is 3.26. The van der Waals surface area contributed by atoms with Gasteiger partial charge in [0.15, 0.2) is 0 Å². The minimum atomic E-state index is -0.641. The van der Waals surface area contributed by atoms with Crippen LogP contribution in [-0.4, -0.2) is 27.5 Å². The highest BCUT2D eigenvalue weighted by Gasteiger charge is 2.12. The van der Waals surface area contributed by atoms with Gasteiger partial charge in [0.2, 0.25) is 5.88 Å². The summed E-state index contributed by atoms with van der Waals surface area (Å²) < 4.78 is 5.70. The Morgan fingerprint density at radius 3 is 3.00 bits per heavy atom. The van der Waals surface area contributed by atoms with Gasteiger partial charge in [0, 0.05) is 12.6 Å². The molecule has 2 aromatic rings. The molecule has 1 amide bonds. The van der Waals surface area contributed by atoms with Crippen molar-refractivity contribution in [1.82, 2.24) is 15.0 Å². The molecule has 0 saturated heterocycles. The highest BCUT2D eigenvalue weighted by atomic mass is 16.5. The highest BCUT2D eigenvalue weighted by Crippen LogP contribution is 2.25. The lowest BCUT2D eigenvalue weighted by Crippen LogP contribution is -2.07. The highest BCUT2D eigenvalue weighted by molar-refractivity contribution is 5.92. The third-order valence-electron chi connectivity index (χ3n) is 2.56. The van der Waals surface area contributed by atoms with E-state index >= 15 is 0 Å². The van der Waals surface area contributed by atoms with Crippen molar-refractivity contribution in [3.63, 3.8) is 0 Å². The number of nitrogens with zero attached hydrogens (tertiary/aromatic N) is 2. The van der Waals surface area contributed by atoms with Crippen molar-refractivity contribution >= 4 is 16.9 Å². The summed E-state index contributed by atoms with van der Waals surface area (Å²) in [7, 11) is 0. The number of H-pyrrole nitrogens is 1. The quantitative estimate of drug-likeness (QED) is 0.813. The lowest BCUT2D eigenvalue weighted by Gasteiger charge is -2.08. The van der Waals surface area contributed by atoms with Crippen molar-refractivity contribution in [3.05, 3.63) is 18.1 Å². The second kappa shape index (κ2) is 6.06. The third-order valence-corrected chi connectivity index (χ3v) is 2.56. The van der Waals surface area contributed by atoms with E-state index in [4.69, 9.17) is 10.5 Å². The van der Waals surface area contributed by atoms with Crippen molar-refractivity contribution < 1.29 is 9.53 Å². The summed E-state index contributed by atoms with van der Waals surface area (Å²) >= 11 is 0. The van der Waals surface area contributed by atoms with E-state index in [2.05, 4.69) is 40.6 Å². The van der Waals surface area contributed by atoms with Crippen LogP contribution in [0.4, 0.5) is 0 Å². The first kappa shape index (κ1) is 13.9. The predicted octanol–water partition coefficient (Wildman–Crippen LogP) is 1.02. The van der Waals surface area contributed by atoms with Crippen molar-refractivity contribution in [2.45, 2.75) is 20.3 Å². The Bertz CT molecular complexity index is 679. The molecule has 0 atom stereocenters. The van der Waals surface area contributed by atoms with Gasteiger partial charge in [0.25, 0.3) is 5.91 Å². The number of carbonyl (C=O) groups excluding carboxylic acids is 1. The first-order chi connectivity index (χ1) is 9.58. The summed E-state index contributed by atoms with van der Waals surface area (Å²) in [6.45, 7) is 4.70. The summed E-state index contributed by atoms with van der Waals surface area (Å²) in [6, 6.07) is 0. The van der Waals surface area contributed by atoms with Crippen LogP contribution in [0.15, 0.2) is 12.5 Å². The van der Waals surface area contributed by atoms with Crippen molar-refractivity contribution in [1.29, 1.82) is 0 Å². The Hall–Kier alpha value is -2.55. The second-order valence-corrected chi connectivity index (χ2v) is 4.76. The zero-order valence-corrected chi connectivity index (χ0v) is 11.4. The maximum atomic E-state index is 10.6. The van der Waals surface area contributed by atoms with E-state index < -0.39 is 5.91 Å². The molecule has 2 rings (SSSR count). The monoisotopic (exact) mass is 272 g/mol. The number of primary amides is 1. The van der Waals surface area contributed by atoms with Gasteiger partial charge in [-0.05, 0) is 17.4 Å². The zero-order chi connectivity index (χ0) is 14.5. The minimum absolute atomic E-state index is 0.383. The molecule has 3 N–H and O–H groups in total. The van der Waals surface area contributed by atoms with Crippen LogP contribution < -0.4 is 10.5 Å². The van der Waals surface area contributed by atoms with E-state index in [1.54, 1.807) is 6.20 Å². The molecule has 20 heavy (non-hydrogen) atoms. The van der Waals surface area contributed by atoms with Crippen molar-refractivity contribution in [3.8, 4) is 17.7 Å². The lowest BCUT2D eigenvalue weighted by atomic mass is 10.2. The Morgan fingerprint density at radius 1 is 1.50 bits per heavy atom. The molecule has 0 unspecified atom stereocenters. The Kier molecular flexibility index (Phi) is 4.20. The van der Waals surface area contributed by atoms with E-state index in [0.717, 1.165) is 10.9 Å². The Balaban J connectivity index is 2.31. The maximum absolute atomic E-state index is 10.6. The van der Waals surface area contributed by atoms with E-state index in [0.29, 0.717) is 30.5 Å². The number of nitrogens with two attached hydrogens (primary N) is 1. The average Bonchev–Trinajstić information content (AvgIpc) is 2.80. The first-order valence-electron chi connectivity index (χ1n) is 6.30. The van der Waals surface area contributed by atoms with E-state index in [1.165, 1.54) is 6.33 Å². The molecule has 0 aliphatic heterocycles. The fourth-order valence-electron chi connectivity index (χ4n) is 1.72. The zero-order valence-electron chi connectivity index (χ0n) is 11.4. The number of aromatic nitrogens is 3. The van der Waals surface area contributed by atoms with Crippen molar-refractivity contribution in [2.75, 3.05) is 6.61 Å². The summed E-state index contributed by atoms with van der Waals surface area (Å²) in [6.07, 6.45) is 3.62. The largest absolute Gasteiger partial charge is 0.477 e. The topological polar surface area (TPSA) is 93.9 Å². The fraction of sp³-hybridized carbons (Fsp3) is 0.357. The molecule has 0 saturated carbocycles. The number of rotatable bonds is 4. The molecule has 6 heteroatoms. The molecule has 104 valence electrons. The van der Waals surface area contributed by atoms with Crippen LogP contribution in [0.3, 0.4) is 0 Å². The molecule has 0 bridgehead atoms. The van der Waals surface area contributed by atoms with Gasteiger partial charge in [-0.2, -0.15) is 0 Å². The number of nitrogens with one attached hydrogen (secondary N) is 1. The van der Waals surface area contributed by atoms with Crippen LogP contribution in [0.2, 0.25) is 0 Å². The van der Waals surface area contributed by atoms with Gasteiger partial charge in [-0.15, -0.1) is 0 Å². The standard InChI is InChI=1S/C14H16N4O2/c1-9(2)7-20-14-12-10(4-3-5-11(15)19)6-16-13(12)17-8-18-14/h6,8-9H,4,7H2,1-2H3,(H2,15,19)(H,16,17,18). The average molecular weight is 272 g/mol. The molecular formula is C14H16N4O2. The number of aromatic amines is 1. The van der Waals surface area contributed by atoms with Gasteiger partial charge in [0.05, 0.1) is 12.0 Å². The normalized spacial score (nSPS) is 10.3. The SMILES string of the molecule is CC(C)COc1ncnc2[nH]cc(CC#CC(N)=O)c12. The van der Waals surface area contributed by atoms with Crippen LogP contribution in [0.25, 0.3) is 11.0 Å². The number of carbonyl (C=O) groups is 1. The minimum Gasteiger partial charge on any atom is -0.477 e. The molecule has 0 fully saturated rings. The lowest BCUT2D eigenvalue weighted by molar-refractivity contribution is -0.112. The molecule has 0 aliphatic carbocycles. The first-order valence-corrected chi connectivity index (χ1v) is 6.30. The van der Waals surface area contributed by atoms with E-state index in [-0.39, 0.29) is 0 Å². The van der Waals surface area contributed by atoms with Gasteiger partial charge in [-0.25, -0.2) is 9.97 Å². The van der Waals surface area contributed by atoms with Crippen LogP contribution in [0.1, 0.15) is 19.4 Å². The molecule has 0 aromatic carbocycles. The van der Waals surface area contributed by atoms with Crippen LogP contribution >= 0.6 is 0 Å². The summed E-state index contributed by atoms with van der Waals surface area (Å²) in [5, 5.41) is 0.798. The van der Waals surface area contributed by atoms with Gasteiger partial charge in [-0.1, -0.05) is 19.8 Å². The number of hydrogen-bond donors (Lipinski definition) is 2. The smallest absolute Gasteiger partial charge is 0.293 e. The summed E-state index contributed by atoms with van der Waals surface area (Å²) in [4.78, 5) is 22.0. The predicted molar refractivity (Wildman–Crippen MR) is 74.9 cm³/mol. The van der Waals surface area contributed by atoms with Crippen LogP contribution in [0.5, 0.6) is 5.88 Å². The maximum Gasteiger partial charge on any atom is 0.293 e. The van der Waals surface area contributed by atoms with Gasteiger partial charge in [-0.3, -0.25) is 4.79 Å². The molecular weight excluding hydrogens is 256 g/mol. The molecule has 0 aliphatic rings. The Morgan fingerprint density at radius 2 is 2.30 bits per heavy atom. The summed E-state index contributed by atoms with van der Waals surface area (Å²) in [5.41, 5.74) is 6.56. The summed E-state index contributed by atoms with van der Waals surface area (Å²) in [5.74, 6) is 5.31. The number of hydrogen-bond acceptors (Lipinski definition) is 4. The van der Waals surface area contributed by atoms with Crippen LogP contribution in [-0.2, 0) is 11.2 Å². The number of ether oxygens (including phenoxy) is 1. The van der Waals surface area contributed by atoms with Crippen LogP contribution in [0, 0.1) is 17.8 Å².